The van der Waals surface area contributed by atoms with Gasteiger partial charge in [-0.2, -0.15) is 0 Å². The molecule has 1 atom stereocenters. The molecule has 1 aromatic rings. The highest BCUT2D eigenvalue weighted by Crippen LogP contribution is 2.14. The Morgan fingerprint density at radius 1 is 1.52 bits per heavy atom. The van der Waals surface area contributed by atoms with Crippen LogP contribution in [0.2, 0.25) is 0 Å². The molecule has 6 nitrogen and oxygen atoms in total. The molecule has 1 unspecified atom stereocenters. The Hall–Kier alpha value is -1.66. The van der Waals surface area contributed by atoms with Crippen molar-refractivity contribution in [2.45, 2.75) is 32.4 Å². The number of rotatable bonds is 6. The summed E-state index contributed by atoms with van der Waals surface area (Å²) in [5.74, 6) is 0.984. The van der Waals surface area contributed by atoms with Gasteiger partial charge in [0.05, 0.1) is 13.2 Å². The number of nitrogens with one attached hydrogen (secondary N) is 1. The number of anilines is 1. The molecule has 6 heteroatoms. The summed E-state index contributed by atoms with van der Waals surface area (Å²) in [4.78, 5) is 18.3. The Bertz CT molecular complexity index is 459. The second-order valence-corrected chi connectivity index (χ2v) is 5.41. The van der Waals surface area contributed by atoms with E-state index < -0.39 is 0 Å². The minimum atomic E-state index is 0.0389. The van der Waals surface area contributed by atoms with Crippen LogP contribution in [0.5, 0.6) is 0 Å². The monoisotopic (exact) mass is 292 g/mol. The second-order valence-electron chi connectivity index (χ2n) is 5.41. The predicted octanol–water partition coefficient (Wildman–Crippen LogP) is 0.662. The molecule has 1 saturated heterocycles. The van der Waals surface area contributed by atoms with E-state index in [1.807, 2.05) is 19.1 Å². The largest absolute Gasteiger partial charge is 0.378 e. The van der Waals surface area contributed by atoms with Crippen molar-refractivity contribution >= 4 is 11.7 Å². The zero-order valence-electron chi connectivity index (χ0n) is 12.5. The third-order valence-corrected chi connectivity index (χ3v) is 3.46. The highest BCUT2D eigenvalue weighted by Gasteiger charge is 2.12. The third kappa shape index (κ3) is 5.32. The average Bonchev–Trinajstić information content (AvgIpc) is 2.52. The highest BCUT2D eigenvalue weighted by atomic mass is 16.5. The van der Waals surface area contributed by atoms with Crippen LogP contribution in [0.15, 0.2) is 18.3 Å². The molecular weight excluding hydrogens is 268 g/mol. The lowest BCUT2D eigenvalue weighted by Gasteiger charge is -2.28. The van der Waals surface area contributed by atoms with Gasteiger partial charge in [-0.05, 0) is 31.0 Å². The molecule has 2 heterocycles. The number of carbonyl (C=O) groups excluding carboxylic acids is 1. The number of ether oxygens (including phenoxy) is 1. The van der Waals surface area contributed by atoms with E-state index in [0.717, 1.165) is 37.7 Å². The number of hydrogen-bond acceptors (Lipinski definition) is 5. The van der Waals surface area contributed by atoms with Crippen LogP contribution in [0.3, 0.4) is 0 Å². The van der Waals surface area contributed by atoms with Crippen molar-refractivity contribution in [1.82, 2.24) is 10.3 Å². The van der Waals surface area contributed by atoms with Crippen LogP contribution in [-0.4, -0.2) is 43.2 Å². The first-order valence-corrected chi connectivity index (χ1v) is 7.45. The van der Waals surface area contributed by atoms with Crippen molar-refractivity contribution in [3.05, 3.63) is 23.9 Å². The van der Waals surface area contributed by atoms with Crippen LogP contribution in [-0.2, 0) is 16.1 Å². The fourth-order valence-corrected chi connectivity index (χ4v) is 2.18. The number of carbonyl (C=O) groups is 1. The van der Waals surface area contributed by atoms with Gasteiger partial charge in [-0.25, -0.2) is 4.98 Å². The van der Waals surface area contributed by atoms with Gasteiger partial charge in [0, 0.05) is 38.3 Å². The normalized spacial score (nSPS) is 16.6. The molecule has 0 radical (unpaired) electrons. The second kappa shape index (κ2) is 7.95. The quantitative estimate of drug-likeness (QED) is 0.805. The van der Waals surface area contributed by atoms with E-state index >= 15 is 0 Å². The van der Waals surface area contributed by atoms with Crippen molar-refractivity contribution in [2.75, 3.05) is 31.2 Å². The van der Waals surface area contributed by atoms with Crippen LogP contribution < -0.4 is 16.0 Å². The van der Waals surface area contributed by atoms with E-state index in [-0.39, 0.29) is 11.9 Å². The first kappa shape index (κ1) is 15.7. The molecule has 21 heavy (non-hydrogen) atoms. The minimum absolute atomic E-state index is 0.0389. The van der Waals surface area contributed by atoms with E-state index in [4.69, 9.17) is 10.5 Å². The molecule has 1 fully saturated rings. The zero-order valence-corrected chi connectivity index (χ0v) is 12.5. The SMILES string of the molecule is CC(N)CCC(=O)NCc1ccnc(N2CCOCC2)c1. The first-order valence-electron chi connectivity index (χ1n) is 7.45. The third-order valence-electron chi connectivity index (χ3n) is 3.46. The molecule has 1 aliphatic rings. The summed E-state index contributed by atoms with van der Waals surface area (Å²) in [7, 11) is 0. The maximum absolute atomic E-state index is 11.7. The van der Waals surface area contributed by atoms with Crippen molar-refractivity contribution in [2.24, 2.45) is 5.73 Å². The summed E-state index contributed by atoms with van der Waals surface area (Å²) in [5.41, 5.74) is 6.70. The van der Waals surface area contributed by atoms with Gasteiger partial charge in [0.25, 0.3) is 0 Å². The van der Waals surface area contributed by atoms with Gasteiger partial charge in [-0.3, -0.25) is 4.79 Å². The van der Waals surface area contributed by atoms with Gasteiger partial charge in [0.2, 0.25) is 5.91 Å². The molecule has 3 N–H and O–H groups in total. The smallest absolute Gasteiger partial charge is 0.220 e. The Kier molecular flexibility index (Phi) is 5.95. The predicted molar refractivity (Wildman–Crippen MR) is 82.0 cm³/mol. The molecule has 0 saturated carbocycles. The van der Waals surface area contributed by atoms with Gasteiger partial charge < -0.3 is 20.7 Å². The Morgan fingerprint density at radius 2 is 2.29 bits per heavy atom. The van der Waals surface area contributed by atoms with Crippen LogP contribution >= 0.6 is 0 Å². The van der Waals surface area contributed by atoms with Crippen molar-refractivity contribution in [1.29, 1.82) is 0 Å². The minimum Gasteiger partial charge on any atom is -0.378 e. The number of hydrogen-bond donors (Lipinski definition) is 2. The number of pyridine rings is 1. The molecule has 0 spiro atoms. The average molecular weight is 292 g/mol. The molecule has 116 valence electrons. The van der Waals surface area contributed by atoms with Crippen LogP contribution in [0, 0.1) is 0 Å². The van der Waals surface area contributed by atoms with Crippen LogP contribution in [0.4, 0.5) is 5.82 Å². The van der Waals surface area contributed by atoms with E-state index in [0.29, 0.717) is 19.4 Å². The molecule has 1 aromatic heterocycles. The fourth-order valence-electron chi connectivity index (χ4n) is 2.18. The van der Waals surface area contributed by atoms with E-state index in [2.05, 4.69) is 15.2 Å². The van der Waals surface area contributed by atoms with E-state index in [9.17, 15) is 4.79 Å². The Labute approximate surface area is 125 Å². The van der Waals surface area contributed by atoms with Crippen molar-refractivity contribution < 1.29 is 9.53 Å². The van der Waals surface area contributed by atoms with E-state index in [1.54, 1.807) is 6.20 Å². The number of morpholine rings is 1. The van der Waals surface area contributed by atoms with Crippen molar-refractivity contribution in [3.8, 4) is 0 Å². The molecule has 1 amide bonds. The lowest BCUT2D eigenvalue weighted by molar-refractivity contribution is -0.121. The maximum Gasteiger partial charge on any atom is 0.220 e. The molecule has 0 aromatic carbocycles. The summed E-state index contributed by atoms with van der Waals surface area (Å²) in [5, 5.41) is 2.92. The molecule has 1 aliphatic heterocycles. The summed E-state index contributed by atoms with van der Waals surface area (Å²) in [6, 6.07) is 4.01. The van der Waals surface area contributed by atoms with Crippen LogP contribution in [0.25, 0.3) is 0 Å². The van der Waals surface area contributed by atoms with Gasteiger partial charge in [-0.15, -0.1) is 0 Å². The standard InChI is InChI=1S/C15H24N4O2/c1-12(16)2-3-15(20)18-11-13-4-5-17-14(10-13)19-6-8-21-9-7-19/h4-5,10,12H,2-3,6-9,11,16H2,1H3,(H,18,20). The Morgan fingerprint density at radius 3 is 3.00 bits per heavy atom. The molecule has 0 aliphatic carbocycles. The molecule has 2 rings (SSSR count). The van der Waals surface area contributed by atoms with Gasteiger partial charge in [0.1, 0.15) is 5.82 Å². The number of aromatic nitrogens is 1. The van der Waals surface area contributed by atoms with Gasteiger partial charge in [-0.1, -0.05) is 0 Å². The molecule has 0 bridgehead atoms. The molecular formula is C15H24N4O2. The summed E-state index contributed by atoms with van der Waals surface area (Å²) < 4.78 is 5.34. The lowest BCUT2D eigenvalue weighted by atomic mass is 10.2. The number of nitrogens with zero attached hydrogens (tertiary/aromatic N) is 2. The number of amides is 1. The van der Waals surface area contributed by atoms with Crippen molar-refractivity contribution in [3.63, 3.8) is 0 Å². The fraction of sp³-hybridized carbons (Fsp3) is 0.600. The van der Waals surface area contributed by atoms with Gasteiger partial charge in [0.15, 0.2) is 0 Å². The maximum atomic E-state index is 11.7. The zero-order chi connectivity index (χ0) is 15.1. The number of nitrogens with two attached hydrogens (primary N) is 1. The topological polar surface area (TPSA) is 80.5 Å². The first-order chi connectivity index (χ1) is 10.1. The van der Waals surface area contributed by atoms with Crippen LogP contribution in [0.1, 0.15) is 25.3 Å². The highest BCUT2D eigenvalue weighted by molar-refractivity contribution is 5.75. The summed E-state index contributed by atoms with van der Waals surface area (Å²) in [6.45, 7) is 5.62. The summed E-state index contributed by atoms with van der Waals surface area (Å²) >= 11 is 0. The van der Waals surface area contributed by atoms with E-state index in [1.165, 1.54) is 0 Å². The van der Waals surface area contributed by atoms with Gasteiger partial charge >= 0.3 is 0 Å². The lowest BCUT2D eigenvalue weighted by Crippen LogP contribution is -2.36. The Balaban J connectivity index is 1.84. The summed E-state index contributed by atoms with van der Waals surface area (Å²) in [6.07, 6.45) is 2.97.